The fourth-order valence-corrected chi connectivity index (χ4v) is 4.38. The number of nitrogens with zero attached hydrogens (tertiary/aromatic N) is 4. The number of ether oxygens (including phenoxy) is 1. The fraction of sp³-hybridized carbons (Fsp3) is 0.450. The van der Waals surface area contributed by atoms with E-state index in [0.717, 1.165) is 11.3 Å². The Labute approximate surface area is 163 Å². The average Bonchev–Trinajstić information content (AvgIpc) is 3.42. The third-order valence-corrected chi connectivity index (χ3v) is 5.69. The second-order valence-corrected chi connectivity index (χ2v) is 7.57. The number of carbonyl (C=O) groups is 2. The van der Waals surface area contributed by atoms with Gasteiger partial charge >= 0.3 is 6.03 Å². The first-order valence-electron chi connectivity index (χ1n) is 9.31. The van der Waals surface area contributed by atoms with Crippen molar-refractivity contribution < 1.29 is 18.8 Å². The first-order chi connectivity index (χ1) is 13.5. The molecule has 3 heterocycles. The monoisotopic (exact) mass is 384 g/mol. The molecule has 3 amide bonds. The van der Waals surface area contributed by atoms with Gasteiger partial charge in [-0.2, -0.15) is 0 Å². The lowest BCUT2D eigenvalue weighted by Gasteiger charge is -2.31. The lowest BCUT2D eigenvalue weighted by molar-refractivity contribution is 0.0756. The second kappa shape index (κ2) is 7.18. The molecule has 0 N–H and O–H groups in total. The minimum Gasteiger partial charge on any atom is -0.497 e. The van der Waals surface area contributed by atoms with Crippen molar-refractivity contribution in [2.75, 3.05) is 40.8 Å². The number of benzene rings is 1. The highest BCUT2D eigenvalue weighted by Crippen LogP contribution is 2.45. The predicted molar refractivity (Wildman–Crippen MR) is 101 cm³/mol. The van der Waals surface area contributed by atoms with E-state index < -0.39 is 0 Å². The minimum atomic E-state index is -0.123. The first kappa shape index (κ1) is 18.3. The molecule has 2 aromatic rings. The van der Waals surface area contributed by atoms with E-state index in [1.165, 1.54) is 6.26 Å². The third-order valence-electron chi connectivity index (χ3n) is 5.69. The molecule has 4 rings (SSSR count). The lowest BCUT2D eigenvalue weighted by Crippen LogP contribution is -2.42. The van der Waals surface area contributed by atoms with Crippen molar-refractivity contribution in [2.24, 2.45) is 11.8 Å². The van der Waals surface area contributed by atoms with Crippen LogP contribution in [-0.4, -0.2) is 72.6 Å². The highest BCUT2D eigenvalue weighted by Gasteiger charge is 2.50. The van der Waals surface area contributed by atoms with Crippen molar-refractivity contribution in [1.82, 2.24) is 19.9 Å². The largest absolute Gasteiger partial charge is 0.497 e. The van der Waals surface area contributed by atoms with E-state index in [9.17, 15) is 9.59 Å². The van der Waals surface area contributed by atoms with Gasteiger partial charge in [-0.25, -0.2) is 4.79 Å². The molecular formula is C20H24N4O4. The van der Waals surface area contributed by atoms with Gasteiger partial charge in [0.1, 0.15) is 12.0 Å². The topological polar surface area (TPSA) is 79.1 Å². The van der Waals surface area contributed by atoms with Crippen LogP contribution < -0.4 is 4.74 Å². The molecule has 0 spiro atoms. The molecule has 0 saturated carbocycles. The molecule has 148 valence electrons. The first-order valence-corrected chi connectivity index (χ1v) is 9.31. The highest BCUT2D eigenvalue weighted by molar-refractivity contribution is 5.92. The minimum absolute atomic E-state index is 0.00963. The Hall–Kier alpha value is -3.03. The van der Waals surface area contributed by atoms with E-state index in [-0.39, 0.29) is 29.8 Å². The number of rotatable bonds is 3. The van der Waals surface area contributed by atoms with E-state index in [2.05, 4.69) is 5.16 Å². The van der Waals surface area contributed by atoms with Crippen molar-refractivity contribution in [3.8, 4) is 5.75 Å². The van der Waals surface area contributed by atoms with Crippen LogP contribution >= 0.6 is 0 Å². The molecule has 2 aliphatic heterocycles. The predicted octanol–water partition coefficient (Wildman–Crippen LogP) is 2.11. The van der Waals surface area contributed by atoms with Gasteiger partial charge in [0.2, 0.25) is 0 Å². The van der Waals surface area contributed by atoms with Crippen LogP contribution in [0.2, 0.25) is 0 Å². The third kappa shape index (κ3) is 3.08. The summed E-state index contributed by atoms with van der Waals surface area (Å²) in [5.74, 6) is 1.06. The van der Waals surface area contributed by atoms with Gasteiger partial charge in [-0.1, -0.05) is 17.3 Å². The molecule has 0 unspecified atom stereocenters. The van der Waals surface area contributed by atoms with Gasteiger partial charge in [0.25, 0.3) is 5.91 Å². The highest BCUT2D eigenvalue weighted by atomic mass is 16.5. The molecule has 1 aromatic heterocycles. The molecular weight excluding hydrogens is 360 g/mol. The standard InChI is InChI=1S/C20H24N4O4/c1-22(2)20(26)24-11-14-10-23(19(25)17-8-9-28-21-17)12-16(14)18(24)13-4-6-15(27-3)7-5-13/h4-9,14,16,18H,10-12H2,1-3H3/t14-,16-,18+/m1/s1. The molecule has 2 saturated heterocycles. The Morgan fingerprint density at radius 3 is 2.50 bits per heavy atom. The summed E-state index contributed by atoms with van der Waals surface area (Å²) in [6.45, 7) is 1.82. The van der Waals surface area contributed by atoms with E-state index in [0.29, 0.717) is 25.3 Å². The molecule has 8 heteroatoms. The maximum atomic E-state index is 12.8. The number of likely N-dealkylation sites (tertiary alicyclic amines) is 2. The normalized spacial score (nSPS) is 23.6. The summed E-state index contributed by atoms with van der Waals surface area (Å²) < 4.78 is 10.1. The number of methoxy groups -OCH3 is 1. The number of fused-ring (bicyclic) bond motifs is 1. The van der Waals surface area contributed by atoms with Crippen molar-refractivity contribution in [1.29, 1.82) is 0 Å². The fourth-order valence-electron chi connectivity index (χ4n) is 4.38. The Balaban J connectivity index is 1.61. The van der Waals surface area contributed by atoms with Crippen LogP contribution in [0, 0.1) is 11.8 Å². The van der Waals surface area contributed by atoms with Gasteiger partial charge in [0.15, 0.2) is 5.69 Å². The Morgan fingerprint density at radius 2 is 1.89 bits per heavy atom. The summed E-state index contributed by atoms with van der Waals surface area (Å²) in [4.78, 5) is 30.9. The molecule has 3 atom stereocenters. The van der Waals surface area contributed by atoms with Gasteiger partial charge in [-0.3, -0.25) is 4.79 Å². The van der Waals surface area contributed by atoms with Crippen LogP contribution in [0.3, 0.4) is 0 Å². The Bertz CT molecular complexity index is 850. The lowest BCUT2D eigenvalue weighted by atomic mass is 9.89. The van der Waals surface area contributed by atoms with Crippen molar-refractivity contribution >= 4 is 11.9 Å². The molecule has 28 heavy (non-hydrogen) atoms. The van der Waals surface area contributed by atoms with Gasteiger partial charge in [0, 0.05) is 51.6 Å². The summed E-state index contributed by atoms with van der Waals surface area (Å²) >= 11 is 0. The molecule has 0 bridgehead atoms. The van der Waals surface area contributed by atoms with Crippen molar-refractivity contribution in [3.05, 3.63) is 47.9 Å². The van der Waals surface area contributed by atoms with Crippen LogP contribution in [0.4, 0.5) is 4.79 Å². The van der Waals surface area contributed by atoms with E-state index in [1.54, 1.807) is 32.2 Å². The van der Waals surface area contributed by atoms with E-state index in [4.69, 9.17) is 9.26 Å². The SMILES string of the molecule is COc1ccc([C@H]2[C@@H]3CN(C(=O)c4ccon4)C[C@@H]3CN2C(=O)N(C)C)cc1. The van der Waals surface area contributed by atoms with Gasteiger partial charge < -0.3 is 24.0 Å². The summed E-state index contributed by atoms with van der Waals surface area (Å²) in [6.07, 6.45) is 1.40. The number of amides is 3. The number of aromatic nitrogens is 1. The van der Waals surface area contributed by atoms with Crippen LogP contribution in [0.25, 0.3) is 0 Å². The summed E-state index contributed by atoms with van der Waals surface area (Å²) in [5.41, 5.74) is 1.38. The molecule has 2 fully saturated rings. The maximum Gasteiger partial charge on any atom is 0.320 e. The summed E-state index contributed by atoms with van der Waals surface area (Å²) in [6, 6.07) is 9.32. The average molecular weight is 384 g/mol. The summed E-state index contributed by atoms with van der Waals surface area (Å²) in [5, 5.41) is 3.77. The molecule has 0 radical (unpaired) electrons. The Morgan fingerprint density at radius 1 is 1.14 bits per heavy atom. The van der Waals surface area contributed by atoms with Gasteiger partial charge in [-0.15, -0.1) is 0 Å². The molecule has 0 aliphatic carbocycles. The Kier molecular flexibility index (Phi) is 4.70. The number of carbonyl (C=O) groups excluding carboxylic acids is 2. The zero-order valence-electron chi connectivity index (χ0n) is 16.2. The smallest absolute Gasteiger partial charge is 0.320 e. The van der Waals surface area contributed by atoms with Crippen molar-refractivity contribution in [2.45, 2.75) is 6.04 Å². The molecule has 2 aliphatic rings. The quantitative estimate of drug-likeness (QED) is 0.810. The molecule has 1 aromatic carbocycles. The van der Waals surface area contributed by atoms with Crippen LogP contribution in [-0.2, 0) is 0 Å². The van der Waals surface area contributed by atoms with E-state index in [1.807, 2.05) is 34.1 Å². The number of urea groups is 1. The van der Waals surface area contributed by atoms with Crippen LogP contribution in [0.5, 0.6) is 5.75 Å². The zero-order valence-corrected chi connectivity index (χ0v) is 16.2. The van der Waals surface area contributed by atoms with Gasteiger partial charge in [-0.05, 0) is 17.7 Å². The zero-order chi connectivity index (χ0) is 19.8. The molecule has 8 nitrogen and oxygen atoms in total. The van der Waals surface area contributed by atoms with Crippen LogP contribution in [0.15, 0.2) is 41.1 Å². The van der Waals surface area contributed by atoms with E-state index >= 15 is 0 Å². The van der Waals surface area contributed by atoms with Crippen molar-refractivity contribution in [3.63, 3.8) is 0 Å². The van der Waals surface area contributed by atoms with Gasteiger partial charge in [0.05, 0.1) is 13.2 Å². The number of hydrogen-bond acceptors (Lipinski definition) is 5. The number of hydrogen-bond donors (Lipinski definition) is 0. The van der Waals surface area contributed by atoms with Crippen LogP contribution in [0.1, 0.15) is 22.1 Å². The maximum absolute atomic E-state index is 12.8. The summed E-state index contributed by atoms with van der Waals surface area (Å²) in [7, 11) is 5.16. The second-order valence-electron chi connectivity index (χ2n) is 7.57.